The van der Waals surface area contributed by atoms with E-state index in [0.29, 0.717) is 12.6 Å². The first-order valence-corrected chi connectivity index (χ1v) is 5.33. The van der Waals surface area contributed by atoms with Crippen LogP contribution in [0.5, 0.6) is 6.01 Å². The van der Waals surface area contributed by atoms with Crippen molar-refractivity contribution in [1.29, 1.82) is 0 Å². The number of H-pyrrole nitrogens is 1. The number of aromatic nitrogens is 3. The molecule has 4 nitrogen and oxygen atoms in total. The van der Waals surface area contributed by atoms with E-state index in [1.165, 1.54) is 11.1 Å². The zero-order valence-corrected chi connectivity index (χ0v) is 9.74. The van der Waals surface area contributed by atoms with Crippen LogP contribution in [0.1, 0.15) is 18.1 Å². The van der Waals surface area contributed by atoms with Gasteiger partial charge in [-0.1, -0.05) is 23.8 Å². The number of ether oxygens (including phenoxy) is 1. The van der Waals surface area contributed by atoms with E-state index in [0.717, 1.165) is 11.4 Å². The molecule has 0 saturated heterocycles. The van der Waals surface area contributed by atoms with Crippen LogP contribution in [0.25, 0.3) is 11.4 Å². The van der Waals surface area contributed by atoms with Crippen LogP contribution < -0.4 is 4.74 Å². The molecule has 0 bridgehead atoms. The molecule has 0 aliphatic heterocycles. The monoisotopic (exact) mass is 217 g/mol. The third-order valence-corrected chi connectivity index (χ3v) is 2.38. The summed E-state index contributed by atoms with van der Waals surface area (Å²) >= 11 is 0. The highest BCUT2D eigenvalue weighted by atomic mass is 16.5. The molecule has 2 rings (SSSR count). The van der Waals surface area contributed by atoms with Gasteiger partial charge in [0.25, 0.3) is 0 Å². The van der Waals surface area contributed by atoms with E-state index < -0.39 is 0 Å². The van der Waals surface area contributed by atoms with E-state index in [2.05, 4.69) is 41.2 Å². The summed E-state index contributed by atoms with van der Waals surface area (Å²) in [6.45, 7) is 6.62. The molecule has 0 fully saturated rings. The van der Waals surface area contributed by atoms with Gasteiger partial charge in [-0.2, -0.15) is 4.98 Å². The SMILES string of the molecule is CCOc1n[nH]c(-c2ccc(C)cc2C)n1. The lowest BCUT2D eigenvalue weighted by Crippen LogP contribution is -1.92. The van der Waals surface area contributed by atoms with Crippen molar-refractivity contribution < 1.29 is 4.74 Å². The van der Waals surface area contributed by atoms with Crippen LogP contribution in [-0.2, 0) is 0 Å². The van der Waals surface area contributed by atoms with Crippen LogP contribution in [0, 0.1) is 13.8 Å². The van der Waals surface area contributed by atoms with E-state index in [1.54, 1.807) is 0 Å². The van der Waals surface area contributed by atoms with Crippen molar-refractivity contribution in [2.75, 3.05) is 6.61 Å². The number of hydrogen-bond donors (Lipinski definition) is 1. The Bertz CT molecular complexity index is 491. The Hall–Kier alpha value is -1.84. The Morgan fingerprint density at radius 2 is 2.12 bits per heavy atom. The summed E-state index contributed by atoms with van der Waals surface area (Å²) in [7, 11) is 0. The summed E-state index contributed by atoms with van der Waals surface area (Å²) in [5.74, 6) is 0.751. The Labute approximate surface area is 94.7 Å². The smallest absolute Gasteiger partial charge is 0.335 e. The summed E-state index contributed by atoms with van der Waals surface area (Å²) in [6, 6.07) is 6.63. The van der Waals surface area contributed by atoms with E-state index in [1.807, 2.05) is 13.0 Å². The number of nitrogens with zero attached hydrogens (tertiary/aromatic N) is 2. The third-order valence-electron chi connectivity index (χ3n) is 2.38. The molecule has 0 aliphatic rings. The first kappa shape index (κ1) is 10.7. The quantitative estimate of drug-likeness (QED) is 0.859. The fraction of sp³-hybridized carbons (Fsp3) is 0.333. The minimum Gasteiger partial charge on any atom is -0.463 e. The van der Waals surface area contributed by atoms with Gasteiger partial charge in [-0.3, -0.25) is 5.10 Å². The molecule has 1 aromatic carbocycles. The Kier molecular flexibility index (Phi) is 2.90. The van der Waals surface area contributed by atoms with Gasteiger partial charge in [-0.05, 0) is 26.3 Å². The topological polar surface area (TPSA) is 50.8 Å². The van der Waals surface area contributed by atoms with Crippen molar-refractivity contribution in [1.82, 2.24) is 15.2 Å². The highest BCUT2D eigenvalue weighted by Gasteiger charge is 2.08. The van der Waals surface area contributed by atoms with Crippen molar-refractivity contribution in [3.8, 4) is 17.4 Å². The number of nitrogens with one attached hydrogen (secondary N) is 1. The van der Waals surface area contributed by atoms with Gasteiger partial charge in [0.05, 0.1) is 6.61 Å². The highest BCUT2D eigenvalue weighted by Crippen LogP contribution is 2.21. The molecule has 1 aromatic heterocycles. The van der Waals surface area contributed by atoms with E-state index in [4.69, 9.17) is 4.74 Å². The second-order valence-corrected chi connectivity index (χ2v) is 3.72. The molecule has 0 unspecified atom stereocenters. The number of rotatable bonds is 3. The molecule has 16 heavy (non-hydrogen) atoms. The van der Waals surface area contributed by atoms with Crippen LogP contribution in [0.15, 0.2) is 18.2 Å². The molecule has 84 valence electrons. The minimum absolute atomic E-state index is 0.400. The predicted octanol–water partition coefficient (Wildman–Crippen LogP) is 2.49. The maximum Gasteiger partial charge on any atom is 0.335 e. The van der Waals surface area contributed by atoms with Crippen molar-refractivity contribution in [3.05, 3.63) is 29.3 Å². The first-order valence-electron chi connectivity index (χ1n) is 5.33. The Morgan fingerprint density at radius 3 is 2.81 bits per heavy atom. The zero-order chi connectivity index (χ0) is 11.5. The lowest BCUT2D eigenvalue weighted by molar-refractivity contribution is 0.314. The number of hydrogen-bond acceptors (Lipinski definition) is 3. The molecule has 0 atom stereocenters. The van der Waals surface area contributed by atoms with Gasteiger partial charge in [-0.25, -0.2) is 0 Å². The fourth-order valence-electron chi connectivity index (χ4n) is 1.64. The number of benzene rings is 1. The fourth-order valence-corrected chi connectivity index (χ4v) is 1.64. The standard InChI is InChI=1S/C12H15N3O/c1-4-16-12-13-11(14-15-12)10-6-5-8(2)7-9(10)3/h5-7H,4H2,1-3H3,(H,13,14,15). The van der Waals surface area contributed by atoms with E-state index >= 15 is 0 Å². The van der Waals surface area contributed by atoms with Gasteiger partial charge in [0.15, 0.2) is 5.82 Å². The number of aromatic amines is 1. The average molecular weight is 217 g/mol. The molecule has 1 N–H and O–H groups in total. The van der Waals surface area contributed by atoms with Crippen LogP contribution in [0.4, 0.5) is 0 Å². The molecule has 1 heterocycles. The molecule has 0 spiro atoms. The van der Waals surface area contributed by atoms with Crippen molar-refractivity contribution in [2.24, 2.45) is 0 Å². The summed E-state index contributed by atoms with van der Waals surface area (Å²) in [4.78, 5) is 4.27. The molecule has 0 saturated carbocycles. The van der Waals surface area contributed by atoms with Crippen molar-refractivity contribution in [2.45, 2.75) is 20.8 Å². The van der Waals surface area contributed by atoms with Crippen LogP contribution in [0.3, 0.4) is 0 Å². The third kappa shape index (κ3) is 2.05. The normalized spacial score (nSPS) is 10.4. The minimum atomic E-state index is 0.400. The first-order chi connectivity index (χ1) is 7.70. The predicted molar refractivity (Wildman–Crippen MR) is 62.5 cm³/mol. The molecule has 2 aromatic rings. The molecule has 0 amide bonds. The molecular weight excluding hydrogens is 202 g/mol. The zero-order valence-electron chi connectivity index (χ0n) is 9.74. The van der Waals surface area contributed by atoms with Gasteiger partial charge in [-0.15, -0.1) is 5.10 Å². The summed E-state index contributed by atoms with van der Waals surface area (Å²) in [5, 5.41) is 6.87. The second kappa shape index (κ2) is 4.35. The Morgan fingerprint density at radius 1 is 1.31 bits per heavy atom. The summed E-state index contributed by atoms with van der Waals surface area (Å²) < 4.78 is 5.22. The van der Waals surface area contributed by atoms with Crippen molar-refractivity contribution in [3.63, 3.8) is 0 Å². The molecule has 0 radical (unpaired) electrons. The number of aryl methyl sites for hydroxylation is 2. The lowest BCUT2D eigenvalue weighted by atomic mass is 10.1. The van der Waals surface area contributed by atoms with Gasteiger partial charge in [0.1, 0.15) is 0 Å². The molecular formula is C12H15N3O. The van der Waals surface area contributed by atoms with Crippen LogP contribution >= 0.6 is 0 Å². The van der Waals surface area contributed by atoms with E-state index in [9.17, 15) is 0 Å². The van der Waals surface area contributed by atoms with Gasteiger partial charge in [0, 0.05) is 5.56 Å². The van der Waals surface area contributed by atoms with Crippen molar-refractivity contribution >= 4 is 0 Å². The van der Waals surface area contributed by atoms with Crippen LogP contribution in [0.2, 0.25) is 0 Å². The lowest BCUT2D eigenvalue weighted by Gasteiger charge is -2.02. The van der Waals surface area contributed by atoms with Crippen LogP contribution in [-0.4, -0.2) is 21.8 Å². The van der Waals surface area contributed by atoms with Gasteiger partial charge >= 0.3 is 6.01 Å². The second-order valence-electron chi connectivity index (χ2n) is 3.72. The van der Waals surface area contributed by atoms with Gasteiger partial charge < -0.3 is 4.74 Å². The molecule has 4 heteroatoms. The Balaban J connectivity index is 2.35. The average Bonchev–Trinajstić information content (AvgIpc) is 2.67. The highest BCUT2D eigenvalue weighted by molar-refractivity contribution is 5.60. The van der Waals surface area contributed by atoms with Gasteiger partial charge in [0.2, 0.25) is 0 Å². The molecule has 0 aliphatic carbocycles. The van der Waals surface area contributed by atoms with E-state index in [-0.39, 0.29) is 0 Å². The maximum atomic E-state index is 5.22. The maximum absolute atomic E-state index is 5.22. The largest absolute Gasteiger partial charge is 0.463 e. The summed E-state index contributed by atoms with van der Waals surface area (Å²) in [6.07, 6.45) is 0. The summed E-state index contributed by atoms with van der Waals surface area (Å²) in [5.41, 5.74) is 3.48.